The van der Waals surface area contributed by atoms with Gasteiger partial charge in [-0.3, -0.25) is 0 Å². The van der Waals surface area contributed by atoms with E-state index in [1.165, 1.54) is 71.1 Å². The molecule has 1 N–H and O–H groups in total. The molecule has 0 aliphatic rings. The van der Waals surface area contributed by atoms with Crippen molar-refractivity contribution in [3.63, 3.8) is 0 Å². The molecule has 2 atom stereocenters. The summed E-state index contributed by atoms with van der Waals surface area (Å²) in [5.74, 6) is 0. The van der Waals surface area contributed by atoms with E-state index in [9.17, 15) is 18.1 Å². The molecule has 0 radical (unpaired) electrons. The third kappa shape index (κ3) is 22.0. The zero-order chi connectivity index (χ0) is 19.7. The van der Waals surface area contributed by atoms with Crippen molar-refractivity contribution < 1.29 is 69.5 Å². The van der Waals surface area contributed by atoms with Crippen molar-refractivity contribution in [2.75, 3.05) is 0 Å². The zero-order valence-corrected chi connectivity index (χ0v) is 22.2. The summed E-state index contributed by atoms with van der Waals surface area (Å²) in [6.07, 6.45) is 19.3. The molecular formula is C21H43KO4S. The van der Waals surface area contributed by atoms with Crippen molar-refractivity contribution >= 4 is 10.1 Å². The minimum absolute atomic E-state index is 0. The van der Waals surface area contributed by atoms with Crippen LogP contribution in [0.5, 0.6) is 0 Å². The Morgan fingerprint density at radius 2 is 1.04 bits per heavy atom. The maximum absolute atomic E-state index is 10.8. The van der Waals surface area contributed by atoms with Crippen molar-refractivity contribution in [1.82, 2.24) is 0 Å². The number of aliphatic hydroxyl groups is 1. The van der Waals surface area contributed by atoms with Crippen molar-refractivity contribution in [2.24, 2.45) is 0 Å². The first kappa shape index (κ1) is 30.7. The minimum atomic E-state index is -4.09. The van der Waals surface area contributed by atoms with Crippen LogP contribution >= 0.6 is 0 Å². The summed E-state index contributed by atoms with van der Waals surface area (Å²) in [6, 6.07) is 0. The average molecular weight is 431 g/mol. The Kier molecular flexibility index (Phi) is 23.6. The number of aliphatic hydroxyl groups excluding tert-OH is 1. The SMILES string of the molecule is CCCC(O)CCCCCCCCCCCCCCCC(C)S(=O)(=O)[O-].[K+]. The molecule has 0 saturated heterocycles. The van der Waals surface area contributed by atoms with Gasteiger partial charge in [-0.2, -0.15) is 0 Å². The summed E-state index contributed by atoms with van der Waals surface area (Å²) in [4.78, 5) is 0. The Morgan fingerprint density at radius 3 is 1.37 bits per heavy atom. The molecule has 27 heavy (non-hydrogen) atoms. The fraction of sp³-hybridized carbons (Fsp3) is 1.00. The van der Waals surface area contributed by atoms with Crippen LogP contribution in [0, 0.1) is 0 Å². The Labute approximate surface area is 211 Å². The second kappa shape index (κ2) is 20.8. The molecule has 158 valence electrons. The number of hydrogen-bond acceptors (Lipinski definition) is 4. The van der Waals surface area contributed by atoms with Crippen LogP contribution in [0.3, 0.4) is 0 Å². The third-order valence-electron chi connectivity index (χ3n) is 5.26. The molecule has 0 amide bonds. The van der Waals surface area contributed by atoms with Gasteiger partial charge in [-0.25, -0.2) is 8.42 Å². The van der Waals surface area contributed by atoms with Gasteiger partial charge in [0.2, 0.25) is 0 Å². The van der Waals surface area contributed by atoms with E-state index in [2.05, 4.69) is 6.92 Å². The predicted molar refractivity (Wildman–Crippen MR) is 109 cm³/mol. The molecular weight excluding hydrogens is 387 g/mol. The largest absolute Gasteiger partial charge is 1.00 e. The van der Waals surface area contributed by atoms with Crippen molar-refractivity contribution in [2.45, 2.75) is 134 Å². The Hall–Kier alpha value is 1.51. The molecule has 2 unspecified atom stereocenters. The summed E-state index contributed by atoms with van der Waals surface area (Å²) in [5, 5.41) is 8.93. The van der Waals surface area contributed by atoms with Gasteiger partial charge in [0.1, 0.15) is 0 Å². The molecule has 0 heterocycles. The van der Waals surface area contributed by atoms with E-state index in [0.717, 1.165) is 38.5 Å². The van der Waals surface area contributed by atoms with Crippen molar-refractivity contribution in [3.05, 3.63) is 0 Å². The van der Waals surface area contributed by atoms with Gasteiger partial charge >= 0.3 is 51.4 Å². The van der Waals surface area contributed by atoms with E-state index in [4.69, 9.17) is 0 Å². The van der Waals surface area contributed by atoms with Crippen molar-refractivity contribution in [3.8, 4) is 0 Å². The van der Waals surface area contributed by atoms with Crippen LogP contribution < -0.4 is 51.4 Å². The minimum Gasteiger partial charge on any atom is -0.748 e. The van der Waals surface area contributed by atoms with Gasteiger partial charge in [0.05, 0.1) is 16.2 Å². The summed E-state index contributed by atoms with van der Waals surface area (Å²) in [7, 11) is -4.09. The second-order valence-corrected chi connectivity index (χ2v) is 9.71. The Morgan fingerprint density at radius 1 is 0.704 bits per heavy atom. The molecule has 0 aliphatic heterocycles. The number of unbranched alkanes of at least 4 members (excludes halogenated alkanes) is 12. The number of hydrogen-bond donors (Lipinski definition) is 1. The Balaban J connectivity index is 0. The summed E-state index contributed by atoms with van der Waals surface area (Å²) in [5.41, 5.74) is 0. The van der Waals surface area contributed by atoms with E-state index in [1.807, 2.05) is 0 Å². The van der Waals surface area contributed by atoms with Gasteiger partial charge in [-0.15, -0.1) is 0 Å². The Bertz CT molecular complexity index is 401. The first-order valence-electron chi connectivity index (χ1n) is 11.0. The van der Waals surface area contributed by atoms with Gasteiger partial charge in [0.25, 0.3) is 0 Å². The topological polar surface area (TPSA) is 77.4 Å². The molecule has 0 saturated carbocycles. The molecule has 0 spiro atoms. The van der Waals surface area contributed by atoms with Gasteiger partial charge in [-0.05, 0) is 26.2 Å². The van der Waals surface area contributed by atoms with E-state index in [1.54, 1.807) is 0 Å². The molecule has 0 fully saturated rings. The number of rotatable bonds is 19. The smallest absolute Gasteiger partial charge is 0.748 e. The molecule has 0 bridgehead atoms. The quantitative estimate of drug-likeness (QED) is 0.194. The maximum Gasteiger partial charge on any atom is 1.00 e. The van der Waals surface area contributed by atoms with Crippen LogP contribution in [-0.4, -0.2) is 29.4 Å². The molecule has 0 aromatic heterocycles. The molecule has 0 rings (SSSR count). The third-order valence-corrected chi connectivity index (χ3v) is 6.48. The fourth-order valence-electron chi connectivity index (χ4n) is 3.38. The average Bonchev–Trinajstić information content (AvgIpc) is 2.57. The van der Waals surface area contributed by atoms with Crippen LogP contribution in [0.4, 0.5) is 0 Å². The molecule has 6 heteroatoms. The first-order valence-corrected chi connectivity index (χ1v) is 12.5. The van der Waals surface area contributed by atoms with E-state index in [-0.39, 0.29) is 57.5 Å². The van der Waals surface area contributed by atoms with Crippen molar-refractivity contribution in [1.29, 1.82) is 0 Å². The molecule has 0 aromatic carbocycles. The molecule has 0 aliphatic carbocycles. The van der Waals surface area contributed by atoms with Gasteiger partial charge in [-0.1, -0.05) is 96.8 Å². The monoisotopic (exact) mass is 430 g/mol. The first-order chi connectivity index (χ1) is 12.4. The van der Waals surface area contributed by atoms with Gasteiger partial charge in [0, 0.05) is 5.25 Å². The summed E-state index contributed by atoms with van der Waals surface area (Å²) < 4.78 is 32.3. The van der Waals surface area contributed by atoms with E-state index >= 15 is 0 Å². The molecule has 0 aromatic rings. The summed E-state index contributed by atoms with van der Waals surface area (Å²) >= 11 is 0. The second-order valence-electron chi connectivity index (χ2n) is 7.92. The fourth-order valence-corrected chi connectivity index (χ4v) is 3.83. The van der Waals surface area contributed by atoms with E-state index in [0.29, 0.717) is 6.42 Å². The van der Waals surface area contributed by atoms with Crippen LogP contribution in [-0.2, 0) is 10.1 Å². The predicted octanol–water partition coefficient (Wildman–Crippen LogP) is 2.94. The van der Waals surface area contributed by atoms with Gasteiger partial charge in [0.15, 0.2) is 0 Å². The zero-order valence-electron chi connectivity index (χ0n) is 18.3. The van der Waals surface area contributed by atoms with Crippen LogP contribution in [0.25, 0.3) is 0 Å². The van der Waals surface area contributed by atoms with Crippen LogP contribution in [0.15, 0.2) is 0 Å². The van der Waals surface area contributed by atoms with Crippen LogP contribution in [0.1, 0.15) is 123 Å². The maximum atomic E-state index is 10.8. The molecule has 4 nitrogen and oxygen atoms in total. The van der Waals surface area contributed by atoms with Crippen LogP contribution in [0.2, 0.25) is 0 Å². The standard InChI is InChI=1S/C21H44O4S.K/c1-3-17-21(22)19-16-14-12-10-8-6-4-5-7-9-11-13-15-18-20(2)26(23,24)25;/h20-22H,3-19H2,1-2H3,(H,23,24,25);/q;+1/p-1. The normalized spacial score (nSPS) is 13.9. The van der Waals surface area contributed by atoms with E-state index < -0.39 is 15.4 Å². The van der Waals surface area contributed by atoms with Gasteiger partial charge < -0.3 is 9.66 Å². The summed E-state index contributed by atoms with van der Waals surface area (Å²) in [6.45, 7) is 3.63.